The Labute approximate surface area is 112 Å². The third-order valence-electron chi connectivity index (χ3n) is 3.08. The summed E-state index contributed by atoms with van der Waals surface area (Å²) in [4.78, 5) is 11.9. The molecule has 0 fully saturated rings. The molecule has 0 aliphatic rings. The monoisotopic (exact) mass is 258 g/mol. The van der Waals surface area contributed by atoms with Crippen molar-refractivity contribution in [2.45, 2.75) is 19.9 Å². The van der Waals surface area contributed by atoms with Crippen molar-refractivity contribution in [1.82, 2.24) is 9.78 Å². The highest BCUT2D eigenvalue weighted by molar-refractivity contribution is 5.92. The maximum atomic E-state index is 11.9. The van der Waals surface area contributed by atoms with Crippen molar-refractivity contribution in [3.63, 3.8) is 0 Å². The highest BCUT2D eigenvalue weighted by Crippen LogP contribution is 2.15. The number of aromatic nitrogens is 2. The summed E-state index contributed by atoms with van der Waals surface area (Å²) in [6.45, 7) is 3.64. The quantitative estimate of drug-likeness (QED) is 0.878. The molecule has 0 aliphatic carbocycles. The molecule has 1 amide bonds. The van der Waals surface area contributed by atoms with Crippen LogP contribution in [0, 0.1) is 5.92 Å². The third-order valence-corrected chi connectivity index (χ3v) is 3.08. The van der Waals surface area contributed by atoms with Crippen LogP contribution in [0.4, 0.5) is 5.69 Å². The van der Waals surface area contributed by atoms with Crippen LogP contribution in [0.5, 0.6) is 0 Å². The van der Waals surface area contributed by atoms with Crippen LogP contribution in [0.1, 0.15) is 13.8 Å². The SMILES string of the molecule is CC(N)C(C)C(=O)Nc1cccc(-n2cccn2)c1. The number of hydrogen-bond donors (Lipinski definition) is 2. The van der Waals surface area contributed by atoms with Gasteiger partial charge in [0.25, 0.3) is 0 Å². The van der Waals surface area contributed by atoms with Gasteiger partial charge in [0.2, 0.25) is 5.91 Å². The summed E-state index contributed by atoms with van der Waals surface area (Å²) in [6, 6.07) is 9.20. The lowest BCUT2D eigenvalue weighted by atomic mass is 10.0. The van der Waals surface area contributed by atoms with Gasteiger partial charge in [0.05, 0.1) is 11.6 Å². The van der Waals surface area contributed by atoms with Gasteiger partial charge < -0.3 is 11.1 Å². The Balaban J connectivity index is 2.14. The first kappa shape index (κ1) is 13.3. The van der Waals surface area contributed by atoms with Crippen molar-refractivity contribution in [3.05, 3.63) is 42.7 Å². The number of rotatable bonds is 4. The van der Waals surface area contributed by atoms with E-state index in [0.717, 1.165) is 11.4 Å². The average molecular weight is 258 g/mol. The Hall–Kier alpha value is -2.14. The largest absolute Gasteiger partial charge is 0.327 e. The zero-order valence-corrected chi connectivity index (χ0v) is 11.1. The molecule has 0 saturated carbocycles. The molecule has 5 heteroatoms. The first-order valence-electron chi connectivity index (χ1n) is 6.24. The van der Waals surface area contributed by atoms with Gasteiger partial charge >= 0.3 is 0 Å². The first-order chi connectivity index (χ1) is 9.08. The molecule has 0 spiro atoms. The van der Waals surface area contributed by atoms with Crippen molar-refractivity contribution >= 4 is 11.6 Å². The molecule has 100 valence electrons. The van der Waals surface area contributed by atoms with E-state index in [-0.39, 0.29) is 17.9 Å². The second kappa shape index (κ2) is 5.67. The minimum Gasteiger partial charge on any atom is -0.327 e. The summed E-state index contributed by atoms with van der Waals surface area (Å²) in [5.74, 6) is -0.305. The number of nitrogens with two attached hydrogens (primary N) is 1. The highest BCUT2D eigenvalue weighted by atomic mass is 16.1. The Kier molecular flexibility index (Phi) is 3.97. The van der Waals surface area contributed by atoms with E-state index in [4.69, 9.17) is 5.73 Å². The highest BCUT2D eigenvalue weighted by Gasteiger charge is 2.17. The zero-order valence-electron chi connectivity index (χ0n) is 11.1. The first-order valence-corrected chi connectivity index (χ1v) is 6.24. The number of carbonyl (C=O) groups excluding carboxylic acids is 1. The van der Waals surface area contributed by atoms with Gasteiger partial charge in [-0.1, -0.05) is 13.0 Å². The molecule has 0 saturated heterocycles. The fourth-order valence-corrected chi connectivity index (χ4v) is 1.64. The van der Waals surface area contributed by atoms with Gasteiger partial charge in [-0.3, -0.25) is 4.79 Å². The lowest BCUT2D eigenvalue weighted by molar-refractivity contribution is -0.119. The molecule has 1 aromatic heterocycles. The molecule has 2 unspecified atom stereocenters. The smallest absolute Gasteiger partial charge is 0.228 e. The van der Waals surface area contributed by atoms with E-state index in [1.54, 1.807) is 10.9 Å². The molecule has 0 bridgehead atoms. The normalized spacial score (nSPS) is 13.8. The van der Waals surface area contributed by atoms with Crippen molar-refractivity contribution in [1.29, 1.82) is 0 Å². The van der Waals surface area contributed by atoms with Gasteiger partial charge in [-0.05, 0) is 31.2 Å². The third kappa shape index (κ3) is 3.20. The Morgan fingerprint density at radius 2 is 2.16 bits per heavy atom. The van der Waals surface area contributed by atoms with Crippen LogP contribution in [-0.4, -0.2) is 21.7 Å². The van der Waals surface area contributed by atoms with E-state index < -0.39 is 0 Å². The second-order valence-corrected chi connectivity index (χ2v) is 4.64. The maximum Gasteiger partial charge on any atom is 0.228 e. The Morgan fingerprint density at radius 1 is 1.37 bits per heavy atom. The number of hydrogen-bond acceptors (Lipinski definition) is 3. The van der Waals surface area contributed by atoms with E-state index in [0.29, 0.717) is 0 Å². The topological polar surface area (TPSA) is 72.9 Å². The molecule has 2 aromatic rings. The maximum absolute atomic E-state index is 11.9. The van der Waals surface area contributed by atoms with Crippen LogP contribution in [0.15, 0.2) is 42.7 Å². The molecule has 3 N–H and O–H groups in total. The van der Waals surface area contributed by atoms with Crippen molar-refractivity contribution < 1.29 is 4.79 Å². The second-order valence-electron chi connectivity index (χ2n) is 4.64. The van der Waals surface area contributed by atoms with E-state index >= 15 is 0 Å². The summed E-state index contributed by atoms with van der Waals surface area (Å²) >= 11 is 0. The number of benzene rings is 1. The van der Waals surface area contributed by atoms with Gasteiger partial charge in [-0.25, -0.2) is 4.68 Å². The molecule has 5 nitrogen and oxygen atoms in total. The van der Waals surface area contributed by atoms with Crippen LogP contribution in [0.3, 0.4) is 0 Å². The van der Waals surface area contributed by atoms with Crippen LogP contribution in [-0.2, 0) is 4.79 Å². The summed E-state index contributed by atoms with van der Waals surface area (Å²) < 4.78 is 1.74. The zero-order chi connectivity index (χ0) is 13.8. The number of nitrogens with one attached hydrogen (secondary N) is 1. The predicted octanol–water partition coefficient (Wildman–Crippen LogP) is 1.79. The fraction of sp³-hybridized carbons (Fsp3) is 0.286. The van der Waals surface area contributed by atoms with Gasteiger partial charge in [0.1, 0.15) is 0 Å². The summed E-state index contributed by atoms with van der Waals surface area (Å²) in [6.07, 6.45) is 3.56. The number of anilines is 1. The van der Waals surface area contributed by atoms with Crippen LogP contribution < -0.4 is 11.1 Å². The van der Waals surface area contributed by atoms with Gasteiger partial charge in [-0.15, -0.1) is 0 Å². The summed E-state index contributed by atoms with van der Waals surface area (Å²) in [5.41, 5.74) is 7.36. The van der Waals surface area contributed by atoms with Crippen LogP contribution >= 0.6 is 0 Å². The van der Waals surface area contributed by atoms with Crippen molar-refractivity contribution in [3.8, 4) is 5.69 Å². The molecule has 1 aromatic carbocycles. The molecule has 2 atom stereocenters. The summed E-state index contributed by atoms with van der Waals surface area (Å²) in [7, 11) is 0. The van der Waals surface area contributed by atoms with Gasteiger partial charge in [0.15, 0.2) is 0 Å². The minimum absolute atomic E-state index is 0.0763. The molecular formula is C14H18N4O. The number of nitrogens with zero attached hydrogens (tertiary/aromatic N) is 2. The molecule has 19 heavy (non-hydrogen) atoms. The van der Waals surface area contributed by atoms with E-state index in [9.17, 15) is 4.79 Å². The standard InChI is InChI=1S/C14H18N4O/c1-10(11(2)15)14(19)17-12-5-3-6-13(9-12)18-8-4-7-16-18/h3-11H,15H2,1-2H3,(H,17,19). The molecule has 0 radical (unpaired) electrons. The molecule has 0 aliphatic heterocycles. The molecule has 1 heterocycles. The van der Waals surface area contributed by atoms with E-state index in [1.165, 1.54) is 0 Å². The lowest BCUT2D eigenvalue weighted by Crippen LogP contribution is -2.34. The fourth-order valence-electron chi connectivity index (χ4n) is 1.64. The van der Waals surface area contributed by atoms with Crippen molar-refractivity contribution in [2.75, 3.05) is 5.32 Å². The Morgan fingerprint density at radius 3 is 2.79 bits per heavy atom. The average Bonchev–Trinajstić information content (AvgIpc) is 2.91. The number of carbonyl (C=O) groups is 1. The lowest BCUT2D eigenvalue weighted by Gasteiger charge is -2.15. The summed E-state index contributed by atoms with van der Waals surface area (Å²) in [5, 5.41) is 7.02. The molecule has 2 rings (SSSR count). The van der Waals surface area contributed by atoms with Crippen molar-refractivity contribution in [2.24, 2.45) is 11.7 Å². The molecular weight excluding hydrogens is 240 g/mol. The van der Waals surface area contributed by atoms with Gasteiger partial charge in [0, 0.05) is 24.1 Å². The predicted molar refractivity (Wildman–Crippen MR) is 75.0 cm³/mol. The number of amides is 1. The van der Waals surface area contributed by atoms with E-state index in [2.05, 4.69) is 10.4 Å². The van der Waals surface area contributed by atoms with Gasteiger partial charge in [-0.2, -0.15) is 5.10 Å². The van der Waals surface area contributed by atoms with Crippen LogP contribution in [0.25, 0.3) is 5.69 Å². The Bertz CT molecular complexity index is 548. The van der Waals surface area contributed by atoms with Crippen LogP contribution in [0.2, 0.25) is 0 Å². The minimum atomic E-state index is -0.228. The van der Waals surface area contributed by atoms with E-state index in [1.807, 2.05) is 50.4 Å².